The molecule has 0 aliphatic carbocycles. The summed E-state index contributed by atoms with van der Waals surface area (Å²) in [6, 6.07) is 7.53. The van der Waals surface area contributed by atoms with E-state index in [1.54, 1.807) is 11.9 Å². The Labute approximate surface area is 110 Å². The van der Waals surface area contributed by atoms with Gasteiger partial charge < -0.3 is 14.7 Å². The minimum absolute atomic E-state index is 0.125. The Hall–Kier alpha value is -2.37. The van der Waals surface area contributed by atoms with Crippen molar-refractivity contribution in [2.45, 2.75) is 13.0 Å². The van der Waals surface area contributed by atoms with E-state index in [1.807, 2.05) is 31.2 Å². The zero-order chi connectivity index (χ0) is 13.4. The van der Waals surface area contributed by atoms with Crippen LogP contribution in [0.4, 0.5) is 4.79 Å². The minimum Gasteiger partial charge on any atom is -0.337 e. The van der Waals surface area contributed by atoms with E-state index in [0.29, 0.717) is 18.3 Å². The fourth-order valence-corrected chi connectivity index (χ4v) is 2.00. The Bertz CT molecular complexity index is 605. The van der Waals surface area contributed by atoms with Crippen LogP contribution in [0.15, 0.2) is 28.8 Å². The van der Waals surface area contributed by atoms with Gasteiger partial charge in [-0.15, -0.1) is 0 Å². The number of urea groups is 1. The number of likely N-dealkylation sites (N-methyl/N-ethyl adjacent to an activating group) is 1. The van der Waals surface area contributed by atoms with Gasteiger partial charge in [0.25, 0.3) is 5.89 Å². The Kier molecular flexibility index (Phi) is 2.70. The van der Waals surface area contributed by atoms with Crippen molar-refractivity contribution in [3.63, 3.8) is 0 Å². The quantitative estimate of drug-likeness (QED) is 0.890. The Balaban J connectivity index is 1.84. The van der Waals surface area contributed by atoms with E-state index in [0.717, 1.165) is 5.56 Å². The van der Waals surface area contributed by atoms with E-state index in [1.165, 1.54) is 5.56 Å². The van der Waals surface area contributed by atoms with E-state index in [2.05, 4.69) is 15.5 Å². The van der Waals surface area contributed by atoms with Crippen molar-refractivity contribution < 1.29 is 9.32 Å². The second-order valence-electron chi connectivity index (χ2n) is 4.70. The molecule has 1 unspecified atom stereocenters. The van der Waals surface area contributed by atoms with E-state index in [4.69, 9.17) is 4.52 Å². The largest absolute Gasteiger partial charge is 0.337 e. The van der Waals surface area contributed by atoms with Gasteiger partial charge in [-0.2, -0.15) is 4.98 Å². The van der Waals surface area contributed by atoms with Crippen LogP contribution in [0.3, 0.4) is 0 Å². The minimum atomic E-state index is -0.232. The number of hydrogen-bond donors (Lipinski definition) is 1. The van der Waals surface area contributed by atoms with Gasteiger partial charge >= 0.3 is 6.03 Å². The van der Waals surface area contributed by atoms with Gasteiger partial charge in [0.2, 0.25) is 5.82 Å². The molecule has 1 aliphatic rings. The molecule has 1 aromatic heterocycles. The Morgan fingerprint density at radius 1 is 1.37 bits per heavy atom. The molecule has 1 aliphatic heterocycles. The van der Waals surface area contributed by atoms with Crippen molar-refractivity contribution in [3.05, 3.63) is 35.7 Å². The first-order chi connectivity index (χ1) is 9.13. The van der Waals surface area contributed by atoms with Crippen molar-refractivity contribution in [2.24, 2.45) is 0 Å². The molecule has 0 saturated carbocycles. The van der Waals surface area contributed by atoms with Gasteiger partial charge in [-0.05, 0) is 6.92 Å². The summed E-state index contributed by atoms with van der Waals surface area (Å²) >= 11 is 0. The fraction of sp³-hybridized carbons (Fsp3) is 0.308. The molecule has 2 heterocycles. The molecule has 98 valence electrons. The molecule has 2 aromatic rings. The molecule has 1 atom stereocenters. The van der Waals surface area contributed by atoms with Crippen LogP contribution in [0.25, 0.3) is 11.4 Å². The topological polar surface area (TPSA) is 71.3 Å². The van der Waals surface area contributed by atoms with Gasteiger partial charge in [0, 0.05) is 12.6 Å². The lowest BCUT2D eigenvalue weighted by molar-refractivity contribution is 0.226. The molecular weight excluding hydrogens is 244 g/mol. The summed E-state index contributed by atoms with van der Waals surface area (Å²) in [5.41, 5.74) is 2.08. The van der Waals surface area contributed by atoms with Crippen LogP contribution in [0.2, 0.25) is 0 Å². The lowest BCUT2D eigenvalue weighted by atomic mass is 10.1. The first kappa shape index (κ1) is 11.7. The molecule has 0 radical (unpaired) electrons. The summed E-state index contributed by atoms with van der Waals surface area (Å²) in [6.07, 6.45) is 0. The van der Waals surface area contributed by atoms with Crippen LogP contribution in [0.1, 0.15) is 17.5 Å². The number of amides is 2. The van der Waals surface area contributed by atoms with Crippen LogP contribution in [-0.4, -0.2) is 34.7 Å². The van der Waals surface area contributed by atoms with Gasteiger partial charge in [-0.25, -0.2) is 4.79 Å². The Morgan fingerprint density at radius 3 is 2.74 bits per heavy atom. The Morgan fingerprint density at radius 2 is 2.11 bits per heavy atom. The van der Waals surface area contributed by atoms with E-state index < -0.39 is 0 Å². The summed E-state index contributed by atoms with van der Waals surface area (Å²) in [4.78, 5) is 17.3. The lowest BCUT2D eigenvalue weighted by Crippen LogP contribution is -2.24. The van der Waals surface area contributed by atoms with Crippen molar-refractivity contribution in [3.8, 4) is 11.4 Å². The number of carbonyl (C=O) groups is 1. The highest BCUT2D eigenvalue weighted by atomic mass is 16.5. The third-order valence-electron chi connectivity index (χ3n) is 3.15. The standard InChI is InChI=1S/C13H14N4O2/c1-8-3-5-9(6-4-8)11-15-12(19-16-11)10-7-17(2)13(18)14-10/h3-6,10H,7H2,1-2H3,(H,14,18). The maximum Gasteiger partial charge on any atom is 0.317 e. The van der Waals surface area contributed by atoms with Gasteiger partial charge in [-0.1, -0.05) is 35.0 Å². The highest BCUT2D eigenvalue weighted by molar-refractivity contribution is 5.76. The number of benzene rings is 1. The molecule has 0 spiro atoms. The third kappa shape index (κ3) is 2.16. The molecule has 0 bridgehead atoms. The zero-order valence-corrected chi connectivity index (χ0v) is 10.8. The predicted octanol–water partition coefficient (Wildman–Crippen LogP) is 1.74. The van der Waals surface area contributed by atoms with Gasteiger partial charge in [0.05, 0.1) is 6.54 Å². The van der Waals surface area contributed by atoms with Crippen molar-refractivity contribution in [2.75, 3.05) is 13.6 Å². The van der Waals surface area contributed by atoms with Gasteiger partial charge in [0.15, 0.2) is 0 Å². The second-order valence-corrected chi connectivity index (χ2v) is 4.70. The number of rotatable bonds is 2. The number of aryl methyl sites for hydroxylation is 1. The summed E-state index contributed by atoms with van der Waals surface area (Å²) in [5.74, 6) is 0.979. The predicted molar refractivity (Wildman–Crippen MR) is 68.4 cm³/mol. The molecule has 6 nitrogen and oxygen atoms in total. The van der Waals surface area contributed by atoms with Gasteiger partial charge in [0.1, 0.15) is 6.04 Å². The maximum absolute atomic E-state index is 11.4. The van der Waals surface area contributed by atoms with Crippen LogP contribution >= 0.6 is 0 Å². The normalized spacial score (nSPS) is 18.7. The van der Waals surface area contributed by atoms with Gasteiger partial charge in [-0.3, -0.25) is 0 Å². The molecule has 19 heavy (non-hydrogen) atoms. The van der Waals surface area contributed by atoms with Crippen molar-refractivity contribution in [1.82, 2.24) is 20.4 Å². The van der Waals surface area contributed by atoms with Crippen LogP contribution in [-0.2, 0) is 0 Å². The van der Waals surface area contributed by atoms with E-state index in [9.17, 15) is 4.79 Å². The first-order valence-electron chi connectivity index (χ1n) is 6.06. The van der Waals surface area contributed by atoms with Crippen molar-refractivity contribution in [1.29, 1.82) is 0 Å². The molecule has 6 heteroatoms. The maximum atomic E-state index is 11.4. The molecule has 1 N–H and O–H groups in total. The lowest BCUT2D eigenvalue weighted by Gasteiger charge is -2.03. The molecular formula is C13H14N4O2. The summed E-state index contributed by atoms with van der Waals surface area (Å²) in [7, 11) is 1.73. The number of nitrogens with zero attached hydrogens (tertiary/aromatic N) is 3. The molecule has 3 rings (SSSR count). The smallest absolute Gasteiger partial charge is 0.317 e. The number of aromatic nitrogens is 2. The summed E-state index contributed by atoms with van der Waals surface area (Å²) in [5, 5.41) is 6.74. The number of carbonyl (C=O) groups excluding carboxylic acids is 1. The molecule has 2 amide bonds. The van der Waals surface area contributed by atoms with Crippen LogP contribution in [0, 0.1) is 6.92 Å². The highest BCUT2D eigenvalue weighted by Crippen LogP contribution is 2.21. The molecule has 1 saturated heterocycles. The van der Waals surface area contributed by atoms with E-state index in [-0.39, 0.29) is 12.1 Å². The number of hydrogen-bond acceptors (Lipinski definition) is 4. The third-order valence-corrected chi connectivity index (χ3v) is 3.15. The average Bonchev–Trinajstić information content (AvgIpc) is 2.99. The SMILES string of the molecule is Cc1ccc(-c2noc(C3CN(C)C(=O)N3)n2)cc1. The highest BCUT2D eigenvalue weighted by Gasteiger charge is 2.31. The molecule has 1 fully saturated rings. The number of nitrogens with one attached hydrogen (secondary N) is 1. The summed E-state index contributed by atoms with van der Waals surface area (Å²) in [6.45, 7) is 2.56. The monoisotopic (exact) mass is 258 g/mol. The van der Waals surface area contributed by atoms with Crippen LogP contribution < -0.4 is 5.32 Å². The summed E-state index contributed by atoms with van der Waals surface area (Å²) < 4.78 is 5.23. The van der Waals surface area contributed by atoms with Crippen molar-refractivity contribution >= 4 is 6.03 Å². The zero-order valence-electron chi connectivity index (χ0n) is 10.8. The first-order valence-corrected chi connectivity index (χ1v) is 6.06. The molecule has 1 aromatic carbocycles. The second kappa shape index (κ2) is 4.38. The fourth-order valence-electron chi connectivity index (χ4n) is 2.00. The van der Waals surface area contributed by atoms with Crippen LogP contribution in [0.5, 0.6) is 0 Å². The van der Waals surface area contributed by atoms with E-state index >= 15 is 0 Å². The average molecular weight is 258 g/mol.